The number of rotatable bonds is 5. The topological polar surface area (TPSA) is 0 Å². The molecular formula is C34H32Li2. The first kappa shape index (κ1) is 26.6. The average Bonchev–Trinajstić information content (AvgIpc) is 3.34. The van der Waals surface area contributed by atoms with Crippen LogP contribution >= 0.6 is 0 Å². The van der Waals surface area contributed by atoms with Crippen molar-refractivity contribution < 1.29 is 40.6 Å². The van der Waals surface area contributed by atoms with Gasteiger partial charge < -0.3 is 2.85 Å². The van der Waals surface area contributed by atoms with E-state index in [1.54, 1.807) is 0 Å². The van der Waals surface area contributed by atoms with E-state index >= 15 is 0 Å². The minimum Gasteiger partial charge on any atom is -1.00 e. The van der Waals surface area contributed by atoms with Crippen LogP contribution in [0.5, 0.6) is 0 Å². The summed E-state index contributed by atoms with van der Waals surface area (Å²) in [5.74, 6) is 0. The average molecular weight is 455 g/mol. The Hall–Kier alpha value is -2.45. The SMILES string of the molecule is CC1=Cc2ccccc2C1(CCC1(c2ccccc2)C(C)=Cc2ccccc21)c1ccccc1.[H-].[H-].[Li+].[Li+]. The van der Waals surface area contributed by atoms with Crippen LogP contribution in [-0.2, 0) is 10.8 Å². The second-order valence-electron chi connectivity index (χ2n) is 9.87. The Bertz CT molecular complexity index is 1320. The van der Waals surface area contributed by atoms with Gasteiger partial charge in [0.15, 0.2) is 0 Å². The minimum atomic E-state index is -0.114. The summed E-state index contributed by atoms with van der Waals surface area (Å²) in [6.07, 6.45) is 6.90. The molecular weight excluding hydrogens is 422 g/mol. The van der Waals surface area contributed by atoms with Gasteiger partial charge in [-0.25, -0.2) is 0 Å². The quantitative estimate of drug-likeness (QED) is 0.407. The molecule has 2 unspecified atom stereocenters. The molecule has 0 fully saturated rings. The van der Waals surface area contributed by atoms with Crippen molar-refractivity contribution in [3.63, 3.8) is 0 Å². The van der Waals surface area contributed by atoms with E-state index < -0.39 is 0 Å². The fourth-order valence-corrected chi connectivity index (χ4v) is 6.70. The Balaban J connectivity index is 0.00000127. The maximum Gasteiger partial charge on any atom is 1.00 e. The van der Waals surface area contributed by atoms with Crippen LogP contribution in [0.2, 0.25) is 0 Å². The van der Waals surface area contributed by atoms with Crippen LogP contribution in [0.1, 0.15) is 62.9 Å². The maximum absolute atomic E-state index is 2.41. The molecule has 4 aromatic rings. The third-order valence-corrected chi connectivity index (χ3v) is 8.34. The molecule has 0 aliphatic heterocycles. The van der Waals surface area contributed by atoms with Crippen molar-refractivity contribution in [1.82, 2.24) is 0 Å². The van der Waals surface area contributed by atoms with Crippen molar-refractivity contribution in [1.29, 1.82) is 0 Å². The Morgan fingerprint density at radius 3 is 1.19 bits per heavy atom. The Morgan fingerprint density at radius 1 is 0.472 bits per heavy atom. The van der Waals surface area contributed by atoms with Crippen molar-refractivity contribution in [2.75, 3.05) is 0 Å². The summed E-state index contributed by atoms with van der Waals surface area (Å²) in [6.45, 7) is 4.65. The van der Waals surface area contributed by atoms with Crippen LogP contribution < -0.4 is 37.7 Å². The van der Waals surface area contributed by atoms with Crippen LogP contribution in [0.15, 0.2) is 120 Å². The van der Waals surface area contributed by atoms with Crippen LogP contribution in [0, 0.1) is 0 Å². The van der Waals surface area contributed by atoms with Crippen molar-refractivity contribution in [2.45, 2.75) is 37.5 Å². The summed E-state index contributed by atoms with van der Waals surface area (Å²) in [5.41, 5.74) is 11.0. The van der Waals surface area contributed by atoms with Crippen molar-refractivity contribution in [3.8, 4) is 0 Å². The van der Waals surface area contributed by atoms with E-state index in [-0.39, 0.29) is 51.4 Å². The van der Waals surface area contributed by atoms with E-state index in [0.29, 0.717) is 0 Å². The second kappa shape index (κ2) is 10.5. The molecule has 2 aliphatic rings. The number of benzene rings is 4. The van der Waals surface area contributed by atoms with Crippen molar-refractivity contribution in [2.24, 2.45) is 0 Å². The Labute approximate surface area is 242 Å². The largest absolute Gasteiger partial charge is 1.00 e. The molecule has 0 bridgehead atoms. The molecule has 6 rings (SSSR count). The predicted molar refractivity (Wildman–Crippen MR) is 146 cm³/mol. The van der Waals surface area contributed by atoms with E-state index in [1.165, 1.54) is 44.5 Å². The van der Waals surface area contributed by atoms with Crippen molar-refractivity contribution >= 4 is 12.2 Å². The van der Waals surface area contributed by atoms with Gasteiger partial charge in [-0.15, -0.1) is 0 Å². The summed E-state index contributed by atoms with van der Waals surface area (Å²) >= 11 is 0. The van der Waals surface area contributed by atoms with Gasteiger partial charge in [0.05, 0.1) is 0 Å². The molecule has 170 valence electrons. The minimum absolute atomic E-state index is 0. The molecule has 0 nitrogen and oxygen atoms in total. The molecule has 0 heterocycles. The zero-order valence-corrected chi connectivity index (χ0v) is 22.0. The van der Waals surface area contributed by atoms with Gasteiger partial charge in [0.1, 0.15) is 0 Å². The fourth-order valence-electron chi connectivity index (χ4n) is 6.70. The molecule has 2 aliphatic carbocycles. The molecule has 2 atom stereocenters. The predicted octanol–water partition coefficient (Wildman–Crippen LogP) is 2.81. The van der Waals surface area contributed by atoms with Gasteiger partial charge in [0.2, 0.25) is 0 Å². The number of allylic oxidation sites excluding steroid dienone is 2. The molecule has 0 amide bonds. The number of hydrogen-bond donors (Lipinski definition) is 0. The molecule has 2 heteroatoms. The third-order valence-electron chi connectivity index (χ3n) is 8.34. The molecule has 0 spiro atoms. The first-order chi connectivity index (χ1) is 16.7. The normalized spacial score (nSPS) is 21.4. The van der Waals surface area contributed by atoms with Crippen LogP contribution in [0.25, 0.3) is 12.2 Å². The monoisotopic (exact) mass is 454 g/mol. The van der Waals surface area contributed by atoms with Gasteiger partial charge in [-0.3, -0.25) is 0 Å². The van der Waals surface area contributed by atoms with Gasteiger partial charge in [0, 0.05) is 10.8 Å². The van der Waals surface area contributed by atoms with E-state index in [9.17, 15) is 0 Å². The summed E-state index contributed by atoms with van der Waals surface area (Å²) in [5, 5.41) is 0. The molecule has 0 aromatic heterocycles. The van der Waals surface area contributed by atoms with Gasteiger partial charge in [0.25, 0.3) is 0 Å². The van der Waals surface area contributed by atoms with Crippen LogP contribution in [0.4, 0.5) is 0 Å². The summed E-state index contributed by atoms with van der Waals surface area (Å²) in [7, 11) is 0. The third kappa shape index (κ3) is 3.93. The zero-order valence-electron chi connectivity index (χ0n) is 24.0. The van der Waals surface area contributed by atoms with Gasteiger partial charge in [-0.05, 0) is 60.1 Å². The van der Waals surface area contributed by atoms with E-state index in [2.05, 4.69) is 135 Å². The number of hydrogen-bond acceptors (Lipinski definition) is 0. The fraction of sp³-hybridized carbons (Fsp3) is 0.176. The summed E-state index contributed by atoms with van der Waals surface area (Å²) in [6, 6.07) is 40.2. The smallest absolute Gasteiger partial charge is 1.00 e. The molecule has 0 saturated heterocycles. The molecule has 0 radical (unpaired) electrons. The second-order valence-corrected chi connectivity index (χ2v) is 9.87. The van der Waals surface area contributed by atoms with E-state index in [1.807, 2.05) is 0 Å². The standard InChI is InChI=1S/C34H30.2Li.2H/c1-25-23-27-13-9-11-19-31(27)33(25,29-15-5-3-6-16-29)21-22-34(30-17-7-4-8-18-30)26(2)24-28-14-10-12-20-32(28)34;;;;/h3-20,23-24H,21-22H2,1-2H3;;;;/q;2*+1;2*-1. The van der Waals surface area contributed by atoms with Gasteiger partial charge >= 0.3 is 37.7 Å². The Kier molecular flexibility index (Phi) is 7.76. The molecule has 0 N–H and O–H groups in total. The first-order valence-corrected chi connectivity index (χ1v) is 12.3. The molecule has 36 heavy (non-hydrogen) atoms. The van der Waals surface area contributed by atoms with Gasteiger partial charge in [-0.1, -0.05) is 132 Å². The van der Waals surface area contributed by atoms with E-state index in [0.717, 1.165) is 12.8 Å². The first-order valence-electron chi connectivity index (χ1n) is 12.3. The Morgan fingerprint density at radius 2 is 0.806 bits per heavy atom. The number of fused-ring (bicyclic) bond motifs is 2. The van der Waals surface area contributed by atoms with Gasteiger partial charge in [-0.2, -0.15) is 0 Å². The van der Waals surface area contributed by atoms with Crippen LogP contribution in [0.3, 0.4) is 0 Å². The van der Waals surface area contributed by atoms with Crippen LogP contribution in [-0.4, -0.2) is 0 Å². The van der Waals surface area contributed by atoms with E-state index in [4.69, 9.17) is 0 Å². The summed E-state index contributed by atoms with van der Waals surface area (Å²) < 4.78 is 0. The maximum atomic E-state index is 2.41. The molecule has 0 saturated carbocycles. The summed E-state index contributed by atoms with van der Waals surface area (Å²) in [4.78, 5) is 0. The zero-order chi connectivity index (χ0) is 23.2. The van der Waals surface area contributed by atoms with Crippen molar-refractivity contribution in [3.05, 3.63) is 154 Å². The molecule has 4 aromatic carbocycles.